The van der Waals surface area contributed by atoms with E-state index in [9.17, 15) is 23.4 Å². The summed E-state index contributed by atoms with van der Waals surface area (Å²) in [5.41, 5.74) is 6.46. The molecule has 6 N–H and O–H groups in total. The van der Waals surface area contributed by atoms with Gasteiger partial charge in [-0.2, -0.15) is 8.42 Å². The smallest absolute Gasteiger partial charge is 0.362 e. The first-order valence-electron chi connectivity index (χ1n) is 9.02. The number of ether oxygens (including phenoxy) is 1. The number of aliphatic hydroxyl groups excluding tert-OH is 2. The highest BCUT2D eigenvalue weighted by molar-refractivity contribution is 7.85. The fourth-order valence-corrected chi connectivity index (χ4v) is 3.89. The van der Waals surface area contributed by atoms with Gasteiger partial charge in [0.2, 0.25) is 6.10 Å². The summed E-state index contributed by atoms with van der Waals surface area (Å²) in [5.74, 6) is -0.735. The Hall–Kier alpha value is -3.17. The summed E-state index contributed by atoms with van der Waals surface area (Å²) < 4.78 is 36.4. The highest BCUT2D eigenvalue weighted by Crippen LogP contribution is 2.30. The van der Waals surface area contributed by atoms with Crippen molar-refractivity contribution in [3.63, 3.8) is 0 Å². The molecule has 0 aliphatic carbocycles. The van der Waals surface area contributed by atoms with E-state index < -0.39 is 47.4 Å². The second-order valence-electron chi connectivity index (χ2n) is 6.73. The van der Waals surface area contributed by atoms with Gasteiger partial charge in [0.05, 0.1) is 0 Å². The summed E-state index contributed by atoms with van der Waals surface area (Å²) in [6.07, 6.45) is -2.37. The van der Waals surface area contributed by atoms with E-state index in [4.69, 9.17) is 9.92 Å². The van der Waals surface area contributed by atoms with Crippen LogP contribution < -0.4 is 10.5 Å². The van der Waals surface area contributed by atoms with Crippen molar-refractivity contribution in [2.24, 2.45) is 0 Å². The van der Waals surface area contributed by atoms with Gasteiger partial charge in [-0.05, 0) is 12.1 Å². The van der Waals surface area contributed by atoms with Gasteiger partial charge in [-0.15, -0.1) is 0 Å². The maximum Gasteiger partial charge on any atom is 0.362 e. The third-order valence-corrected chi connectivity index (χ3v) is 5.60. The van der Waals surface area contributed by atoms with Crippen LogP contribution in [0.25, 0.3) is 11.2 Å². The van der Waals surface area contributed by atoms with Crippen molar-refractivity contribution in [1.29, 1.82) is 0 Å². The summed E-state index contributed by atoms with van der Waals surface area (Å²) in [6.45, 7) is -0.601. The number of carbonyl (C=O) groups is 1. The molecule has 1 amide bonds. The maximum absolute atomic E-state index is 12.1. The molecular weight excluding hydrogens is 432 g/mol. The molecule has 3 aromatic rings. The van der Waals surface area contributed by atoms with Gasteiger partial charge in [0, 0.05) is 5.56 Å². The third-order valence-electron chi connectivity index (χ3n) is 4.71. The van der Waals surface area contributed by atoms with Crippen LogP contribution in [0.15, 0.2) is 43.0 Å². The van der Waals surface area contributed by atoms with E-state index >= 15 is 0 Å². The highest BCUT2D eigenvalue weighted by atomic mass is 32.2. The fourth-order valence-electron chi connectivity index (χ4n) is 3.17. The van der Waals surface area contributed by atoms with Crippen molar-refractivity contribution in [2.75, 3.05) is 12.3 Å². The number of nitrogens with zero attached hydrogens (tertiary/aromatic N) is 4. The first-order chi connectivity index (χ1) is 14.8. The van der Waals surface area contributed by atoms with E-state index in [-0.39, 0.29) is 17.0 Å². The van der Waals surface area contributed by atoms with E-state index in [1.54, 1.807) is 22.9 Å². The number of aliphatic hydroxyl groups is 4. The molecule has 0 saturated carbocycles. The van der Waals surface area contributed by atoms with Gasteiger partial charge in [-0.3, -0.25) is 4.79 Å². The Morgan fingerprint density at radius 1 is 1.19 bits per heavy atom. The SMILES string of the molecule is Nc1ncnc2c1ncn2[C@@H]1[OH+][C@H](COS(=O)(=O)NC(=O)c2ccccc2)[C@@H](O)[C@H]1O. The quantitative estimate of drug-likeness (QED) is 0.311. The summed E-state index contributed by atoms with van der Waals surface area (Å²) in [5, 5.41) is 20.7. The molecule has 4 rings (SSSR count). The number of amides is 1. The lowest BCUT2D eigenvalue weighted by atomic mass is 10.1. The molecule has 1 aromatic carbocycles. The molecule has 0 bridgehead atoms. The molecule has 3 heterocycles. The average molecular weight is 451 g/mol. The van der Waals surface area contributed by atoms with Crippen molar-refractivity contribution in [3.05, 3.63) is 48.5 Å². The number of nitrogens with one attached hydrogen (secondary N) is 1. The first kappa shape index (κ1) is 21.1. The minimum atomic E-state index is -4.48. The van der Waals surface area contributed by atoms with Crippen LogP contribution in [0.1, 0.15) is 16.6 Å². The Morgan fingerprint density at radius 3 is 2.68 bits per heavy atom. The summed E-state index contributed by atoms with van der Waals surface area (Å²) in [6, 6.07) is 7.71. The lowest BCUT2D eigenvalue weighted by molar-refractivity contribution is -0.179. The van der Waals surface area contributed by atoms with Crippen LogP contribution in [-0.4, -0.2) is 73.7 Å². The normalized spacial score (nSPS) is 23.8. The number of benzene rings is 1. The van der Waals surface area contributed by atoms with Crippen LogP contribution in [0.2, 0.25) is 0 Å². The molecule has 1 saturated heterocycles. The van der Waals surface area contributed by atoms with Crippen LogP contribution in [0, 0.1) is 0 Å². The molecule has 14 heteroatoms. The number of fused-ring (bicyclic) bond motifs is 1. The molecule has 31 heavy (non-hydrogen) atoms. The van der Waals surface area contributed by atoms with Crippen LogP contribution in [0.3, 0.4) is 0 Å². The van der Waals surface area contributed by atoms with Crippen LogP contribution in [-0.2, 0) is 14.5 Å². The van der Waals surface area contributed by atoms with E-state index in [1.807, 2.05) is 0 Å². The van der Waals surface area contributed by atoms with Gasteiger partial charge in [-0.25, -0.2) is 28.4 Å². The average Bonchev–Trinajstić information content (AvgIpc) is 3.29. The molecule has 2 aromatic heterocycles. The molecule has 4 atom stereocenters. The summed E-state index contributed by atoms with van der Waals surface area (Å²) in [4.78, 5) is 24.0. The van der Waals surface area contributed by atoms with E-state index in [2.05, 4.69) is 19.7 Å². The van der Waals surface area contributed by atoms with Crippen molar-refractivity contribution < 1.29 is 32.3 Å². The van der Waals surface area contributed by atoms with E-state index in [1.165, 1.54) is 29.4 Å². The number of anilines is 1. The zero-order valence-corrected chi connectivity index (χ0v) is 16.6. The minimum absolute atomic E-state index is 0.129. The van der Waals surface area contributed by atoms with E-state index in [0.717, 1.165) is 0 Å². The molecule has 164 valence electrons. The second-order valence-corrected chi connectivity index (χ2v) is 8.08. The predicted molar refractivity (Wildman–Crippen MR) is 106 cm³/mol. The molecular formula is C17H19N6O7S+. The monoisotopic (exact) mass is 451 g/mol. The van der Waals surface area contributed by atoms with Gasteiger partial charge < -0.3 is 20.7 Å². The second kappa shape index (κ2) is 8.16. The van der Waals surface area contributed by atoms with Crippen LogP contribution >= 0.6 is 0 Å². The Kier molecular flexibility index (Phi) is 5.55. The number of rotatable bonds is 6. The maximum atomic E-state index is 12.1. The third kappa shape index (κ3) is 4.19. The fraction of sp³-hybridized carbons (Fsp3) is 0.294. The van der Waals surface area contributed by atoms with Gasteiger partial charge in [0.1, 0.15) is 24.8 Å². The standard InChI is InChI=1S/C17H18N6O7S/c18-14-11-15(20-7-19-14)23(8-21-11)17-13(25)12(24)10(30-17)6-29-31(27,28)22-16(26)9-4-2-1-3-5-9/h1-5,7-8,10,12-13,17,24-25H,6H2,(H,22,26)(H2,18,19,20)/p+1/t10-,12-,13-,17-/m1/s1. The van der Waals surface area contributed by atoms with Gasteiger partial charge in [-0.1, -0.05) is 18.2 Å². The lowest BCUT2D eigenvalue weighted by Crippen LogP contribution is -2.38. The molecule has 13 nitrogen and oxygen atoms in total. The van der Waals surface area contributed by atoms with E-state index in [0.29, 0.717) is 5.52 Å². The topological polar surface area (TPSA) is 195 Å². The minimum Gasteiger partial charge on any atom is -0.407 e. The molecule has 1 aliphatic heterocycles. The predicted octanol–water partition coefficient (Wildman–Crippen LogP) is -1.77. The summed E-state index contributed by atoms with van der Waals surface area (Å²) in [7, 11) is -4.48. The number of carbonyl (C=O) groups excluding carboxylic acids is 1. The molecule has 0 spiro atoms. The molecule has 0 radical (unpaired) electrons. The Bertz CT molecular complexity index is 1200. The number of imidazole rings is 1. The number of nitrogens with two attached hydrogens (primary N) is 1. The Labute approximate surface area is 175 Å². The van der Waals surface area contributed by atoms with Gasteiger partial charge in [0.25, 0.3) is 12.1 Å². The molecule has 1 aliphatic rings. The number of hydrogen-bond donors (Lipinski definition) is 4. The Balaban J connectivity index is 1.43. The Morgan fingerprint density at radius 2 is 1.94 bits per heavy atom. The zero-order chi connectivity index (χ0) is 22.2. The van der Waals surface area contributed by atoms with Crippen LogP contribution in [0.5, 0.6) is 0 Å². The lowest BCUT2D eigenvalue weighted by Gasteiger charge is -2.13. The van der Waals surface area contributed by atoms with Crippen LogP contribution in [0.4, 0.5) is 5.82 Å². The summed E-state index contributed by atoms with van der Waals surface area (Å²) >= 11 is 0. The van der Waals surface area contributed by atoms with Crippen molar-refractivity contribution in [2.45, 2.75) is 24.5 Å². The first-order valence-corrected chi connectivity index (χ1v) is 10.4. The number of hydrogen-bond acceptors (Lipinski definition) is 10. The molecule has 1 fully saturated rings. The number of nitrogen functional groups attached to an aromatic ring is 1. The van der Waals surface area contributed by atoms with Crippen molar-refractivity contribution in [1.82, 2.24) is 24.2 Å². The highest BCUT2D eigenvalue weighted by Gasteiger charge is 2.50. The zero-order valence-electron chi connectivity index (χ0n) is 15.8. The van der Waals surface area contributed by atoms with Crippen molar-refractivity contribution in [3.8, 4) is 0 Å². The largest absolute Gasteiger partial charge is 0.407 e. The molecule has 0 unspecified atom stereocenters. The number of aromatic nitrogens is 4. The van der Waals surface area contributed by atoms with Crippen molar-refractivity contribution >= 4 is 33.2 Å². The van der Waals surface area contributed by atoms with Gasteiger partial charge >= 0.3 is 10.3 Å². The van der Waals surface area contributed by atoms with Gasteiger partial charge in [0.15, 0.2) is 23.7 Å².